The Bertz CT molecular complexity index is 1200. The Balaban J connectivity index is 1.25. The normalized spacial score (nSPS) is 15.1. The summed E-state index contributed by atoms with van der Waals surface area (Å²) >= 11 is 1.72. The minimum atomic E-state index is -0.0386. The summed E-state index contributed by atoms with van der Waals surface area (Å²) in [7, 11) is 0. The zero-order valence-electron chi connectivity index (χ0n) is 17.7. The number of benzene rings is 2. The second-order valence-electron chi connectivity index (χ2n) is 8.01. The number of hydrogen-bond donors (Lipinski definition) is 3. The average Bonchev–Trinajstić information content (AvgIpc) is 3.51. The van der Waals surface area contributed by atoms with Gasteiger partial charge in [-0.25, -0.2) is 4.79 Å². The molecule has 0 spiro atoms. The molecule has 3 heterocycles. The molecule has 2 aromatic heterocycles. The number of rotatable bonds is 5. The average molecular weight is 447 g/mol. The van der Waals surface area contributed by atoms with E-state index in [-0.39, 0.29) is 17.7 Å². The number of fused-ring (bicyclic) bond motifs is 1. The largest absolute Gasteiger partial charge is 0.506 e. The molecule has 0 aliphatic carbocycles. The number of hydrogen-bond acceptors (Lipinski definition) is 4. The number of aromatic amines is 1. The highest BCUT2D eigenvalue weighted by Crippen LogP contribution is 2.33. The molecule has 1 aliphatic rings. The molecule has 1 atom stereocenters. The number of phenolic OH excluding ortho intramolecular Hbond substituents is 1. The van der Waals surface area contributed by atoms with Crippen LogP contribution in [0.3, 0.4) is 0 Å². The third-order valence-electron chi connectivity index (χ3n) is 6.13. The van der Waals surface area contributed by atoms with E-state index in [1.165, 1.54) is 15.8 Å². The monoisotopic (exact) mass is 446 g/mol. The maximum absolute atomic E-state index is 13.0. The summed E-state index contributed by atoms with van der Waals surface area (Å²) in [5, 5.41) is 16.5. The lowest BCUT2D eigenvalue weighted by Gasteiger charge is -2.36. The van der Waals surface area contributed by atoms with E-state index >= 15 is 0 Å². The van der Waals surface area contributed by atoms with Crippen molar-refractivity contribution in [3.63, 3.8) is 0 Å². The molecule has 1 fully saturated rings. The van der Waals surface area contributed by atoms with Gasteiger partial charge >= 0.3 is 6.03 Å². The summed E-state index contributed by atoms with van der Waals surface area (Å²) < 4.78 is 0. The predicted octanol–water partition coefficient (Wildman–Crippen LogP) is 4.60. The Hall–Kier alpha value is -3.45. The van der Waals surface area contributed by atoms with E-state index in [1.807, 2.05) is 35.2 Å². The second-order valence-corrected chi connectivity index (χ2v) is 8.99. The maximum Gasteiger partial charge on any atom is 0.317 e. The molecular formula is C25H26N4O2S. The van der Waals surface area contributed by atoms with Gasteiger partial charge in [0.05, 0.1) is 5.69 Å². The van der Waals surface area contributed by atoms with Crippen LogP contribution in [0.1, 0.15) is 16.4 Å². The number of amides is 2. The fourth-order valence-electron chi connectivity index (χ4n) is 4.42. The van der Waals surface area contributed by atoms with Crippen molar-refractivity contribution in [2.24, 2.45) is 0 Å². The van der Waals surface area contributed by atoms with E-state index in [1.54, 1.807) is 17.4 Å². The lowest BCUT2D eigenvalue weighted by Crippen LogP contribution is -2.52. The molecule has 0 saturated carbocycles. The minimum Gasteiger partial charge on any atom is -0.506 e. The van der Waals surface area contributed by atoms with E-state index in [0.717, 1.165) is 11.2 Å². The smallest absolute Gasteiger partial charge is 0.317 e. The quantitative estimate of drug-likeness (QED) is 0.420. The number of aromatic nitrogens is 1. The van der Waals surface area contributed by atoms with Crippen LogP contribution in [-0.4, -0.2) is 53.7 Å². The lowest BCUT2D eigenvalue weighted by molar-refractivity contribution is 0.194. The number of urea groups is 1. The topological polar surface area (TPSA) is 71.6 Å². The van der Waals surface area contributed by atoms with Crippen molar-refractivity contribution in [3.8, 4) is 5.75 Å². The molecule has 4 aromatic rings. The van der Waals surface area contributed by atoms with Gasteiger partial charge < -0.3 is 25.2 Å². The highest BCUT2D eigenvalue weighted by atomic mass is 32.1. The summed E-state index contributed by atoms with van der Waals surface area (Å²) in [5.41, 5.74) is 3.13. The van der Waals surface area contributed by atoms with Gasteiger partial charge in [-0.2, -0.15) is 0 Å². The molecule has 1 saturated heterocycles. The zero-order chi connectivity index (χ0) is 21.9. The summed E-state index contributed by atoms with van der Waals surface area (Å²) in [6, 6.07) is 19.8. The van der Waals surface area contributed by atoms with E-state index in [9.17, 15) is 9.90 Å². The molecular weight excluding hydrogens is 420 g/mol. The fourth-order valence-corrected chi connectivity index (χ4v) is 5.26. The van der Waals surface area contributed by atoms with Gasteiger partial charge in [0, 0.05) is 60.6 Å². The number of nitrogens with zero attached hydrogens (tertiary/aromatic N) is 2. The second kappa shape index (κ2) is 8.96. The van der Waals surface area contributed by atoms with Crippen molar-refractivity contribution < 1.29 is 9.90 Å². The number of carbonyl (C=O) groups is 1. The number of para-hydroxylation sites is 3. The molecule has 6 nitrogen and oxygen atoms in total. The predicted molar refractivity (Wildman–Crippen MR) is 130 cm³/mol. The molecule has 0 radical (unpaired) electrons. The van der Waals surface area contributed by atoms with E-state index in [4.69, 9.17) is 0 Å². The number of nitrogens with one attached hydrogen (secondary N) is 2. The van der Waals surface area contributed by atoms with Gasteiger partial charge in [-0.3, -0.25) is 0 Å². The van der Waals surface area contributed by atoms with Gasteiger partial charge in [0.25, 0.3) is 0 Å². The maximum atomic E-state index is 13.0. The summed E-state index contributed by atoms with van der Waals surface area (Å²) in [6.07, 6.45) is 2.06. The highest BCUT2D eigenvalue weighted by molar-refractivity contribution is 7.10. The third kappa shape index (κ3) is 4.03. The summed E-state index contributed by atoms with van der Waals surface area (Å²) in [5.74, 6) is 0.376. The Morgan fingerprint density at radius 1 is 1.03 bits per heavy atom. The standard InChI is InChI=1S/C25H26N4O2S/c30-23-9-4-3-8-22(23)28-11-13-29(14-12-28)25(31)27-17-20(24-10-5-15-32-24)19-16-26-21-7-2-1-6-18(19)21/h1-10,15-16,20,26,30H,11-14,17H2,(H,27,31)/t20-/m0/s1. The van der Waals surface area contributed by atoms with E-state index in [0.29, 0.717) is 32.7 Å². The number of phenols is 1. The molecule has 0 unspecified atom stereocenters. The molecule has 3 N–H and O–H groups in total. The molecule has 7 heteroatoms. The number of aromatic hydroxyl groups is 1. The number of piperazine rings is 1. The number of anilines is 1. The van der Waals surface area contributed by atoms with Gasteiger partial charge in [0.2, 0.25) is 0 Å². The van der Waals surface area contributed by atoms with Crippen LogP contribution >= 0.6 is 11.3 Å². The SMILES string of the molecule is O=C(NC[C@H](c1cccs1)c1c[nH]c2ccccc12)N1CCN(c2ccccc2O)CC1. The van der Waals surface area contributed by atoms with Crippen LogP contribution in [0.2, 0.25) is 0 Å². The first-order valence-electron chi connectivity index (χ1n) is 10.9. The molecule has 2 amide bonds. The Morgan fingerprint density at radius 3 is 2.59 bits per heavy atom. The third-order valence-corrected chi connectivity index (χ3v) is 7.12. The lowest BCUT2D eigenvalue weighted by atomic mass is 9.97. The Kier molecular flexibility index (Phi) is 5.73. The van der Waals surface area contributed by atoms with Crippen LogP contribution in [0, 0.1) is 0 Å². The fraction of sp³-hybridized carbons (Fsp3) is 0.240. The number of thiophene rings is 1. The Morgan fingerprint density at radius 2 is 1.81 bits per heavy atom. The van der Waals surface area contributed by atoms with Gasteiger partial charge in [-0.1, -0.05) is 36.4 Å². The molecule has 164 valence electrons. The minimum absolute atomic E-state index is 0.0386. The first-order chi connectivity index (χ1) is 15.7. The molecule has 2 aromatic carbocycles. The van der Waals surface area contributed by atoms with Gasteiger partial charge in [-0.05, 0) is 35.2 Å². The van der Waals surface area contributed by atoms with Crippen molar-refractivity contribution in [2.45, 2.75) is 5.92 Å². The molecule has 5 rings (SSSR count). The van der Waals surface area contributed by atoms with Gasteiger partial charge in [0.1, 0.15) is 5.75 Å². The van der Waals surface area contributed by atoms with E-state index in [2.05, 4.69) is 51.0 Å². The number of carbonyl (C=O) groups excluding carboxylic acids is 1. The van der Waals surface area contributed by atoms with Crippen LogP contribution < -0.4 is 10.2 Å². The van der Waals surface area contributed by atoms with Crippen molar-refractivity contribution in [1.82, 2.24) is 15.2 Å². The van der Waals surface area contributed by atoms with Crippen LogP contribution in [-0.2, 0) is 0 Å². The highest BCUT2D eigenvalue weighted by Gasteiger charge is 2.25. The van der Waals surface area contributed by atoms with Crippen LogP contribution in [0.5, 0.6) is 5.75 Å². The number of H-pyrrole nitrogens is 1. The molecule has 0 bridgehead atoms. The molecule has 32 heavy (non-hydrogen) atoms. The van der Waals surface area contributed by atoms with Crippen LogP contribution in [0.4, 0.5) is 10.5 Å². The van der Waals surface area contributed by atoms with Crippen LogP contribution in [0.25, 0.3) is 10.9 Å². The summed E-state index contributed by atoms with van der Waals surface area (Å²) in [4.78, 5) is 21.5. The zero-order valence-corrected chi connectivity index (χ0v) is 18.5. The van der Waals surface area contributed by atoms with Crippen molar-refractivity contribution in [3.05, 3.63) is 82.7 Å². The molecule has 1 aliphatic heterocycles. The van der Waals surface area contributed by atoms with Crippen molar-refractivity contribution >= 4 is 34.0 Å². The first-order valence-corrected chi connectivity index (χ1v) is 11.7. The van der Waals surface area contributed by atoms with Crippen molar-refractivity contribution in [1.29, 1.82) is 0 Å². The van der Waals surface area contributed by atoms with Gasteiger partial charge in [0.15, 0.2) is 0 Å². The summed E-state index contributed by atoms with van der Waals surface area (Å²) in [6.45, 7) is 3.18. The first kappa shape index (κ1) is 20.5. The van der Waals surface area contributed by atoms with Gasteiger partial charge in [-0.15, -0.1) is 11.3 Å². The van der Waals surface area contributed by atoms with Crippen LogP contribution in [0.15, 0.2) is 72.2 Å². The Labute approximate surface area is 191 Å². The van der Waals surface area contributed by atoms with E-state index < -0.39 is 0 Å². The van der Waals surface area contributed by atoms with Crippen molar-refractivity contribution in [2.75, 3.05) is 37.6 Å².